The molecule has 1 N–H and O–H groups in total. The smallest absolute Gasteiger partial charge is 0.255 e. The Bertz CT molecular complexity index is 643. The molecule has 1 aromatic carbocycles. The molecule has 0 spiro atoms. The summed E-state index contributed by atoms with van der Waals surface area (Å²) >= 11 is 1.48. The fourth-order valence-electron chi connectivity index (χ4n) is 4.17. The highest BCUT2D eigenvalue weighted by molar-refractivity contribution is 8.00. The molecule has 5 heteroatoms. The Kier molecular flexibility index (Phi) is 7.62. The molecule has 148 valence electrons. The van der Waals surface area contributed by atoms with Gasteiger partial charge in [-0.1, -0.05) is 31.4 Å². The van der Waals surface area contributed by atoms with E-state index in [-0.39, 0.29) is 11.8 Å². The van der Waals surface area contributed by atoms with Crippen LogP contribution in [0.3, 0.4) is 0 Å². The number of benzene rings is 1. The number of piperidine rings is 1. The van der Waals surface area contributed by atoms with Gasteiger partial charge >= 0.3 is 0 Å². The van der Waals surface area contributed by atoms with Crippen molar-refractivity contribution in [3.63, 3.8) is 0 Å². The molecule has 1 aliphatic heterocycles. The van der Waals surface area contributed by atoms with Crippen molar-refractivity contribution in [1.29, 1.82) is 0 Å². The molecule has 27 heavy (non-hydrogen) atoms. The summed E-state index contributed by atoms with van der Waals surface area (Å²) in [5, 5.41) is 3.09. The van der Waals surface area contributed by atoms with Gasteiger partial charge in [-0.25, -0.2) is 0 Å². The quantitative estimate of drug-likeness (QED) is 0.731. The van der Waals surface area contributed by atoms with E-state index in [1.807, 2.05) is 29.2 Å². The van der Waals surface area contributed by atoms with E-state index in [1.165, 1.54) is 50.3 Å². The lowest BCUT2D eigenvalue weighted by atomic mass is 9.89. The third-order valence-corrected chi connectivity index (χ3v) is 6.93. The second-order valence-corrected chi connectivity index (χ2v) is 8.95. The molecule has 3 rings (SSSR count). The third kappa shape index (κ3) is 5.74. The maximum Gasteiger partial charge on any atom is 0.255 e. The monoisotopic (exact) mass is 388 g/mol. The number of amides is 2. The second kappa shape index (κ2) is 10.2. The normalized spacial score (nSPS) is 21.1. The molecule has 4 nitrogen and oxygen atoms in total. The number of hydrogen-bond acceptors (Lipinski definition) is 3. The number of carbonyl (C=O) groups is 2. The predicted molar refractivity (Wildman–Crippen MR) is 111 cm³/mol. The van der Waals surface area contributed by atoms with Gasteiger partial charge in [0.15, 0.2) is 0 Å². The fraction of sp³-hybridized carbons (Fsp3) is 0.636. The Hall–Kier alpha value is -1.49. The molecule has 2 fully saturated rings. The summed E-state index contributed by atoms with van der Waals surface area (Å²) in [7, 11) is 0. The van der Waals surface area contributed by atoms with E-state index in [0.29, 0.717) is 17.7 Å². The van der Waals surface area contributed by atoms with Crippen LogP contribution in [-0.4, -0.2) is 41.6 Å². The molecule has 0 aromatic heterocycles. The average molecular weight is 389 g/mol. The molecule has 1 unspecified atom stereocenters. The van der Waals surface area contributed by atoms with Gasteiger partial charge in [0, 0.05) is 24.0 Å². The predicted octanol–water partition coefficient (Wildman–Crippen LogP) is 4.49. The first-order valence-corrected chi connectivity index (χ1v) is 11.4. The van der Waals surface area contributed by atoms with Gasteiger partial charge in [0.25, 0.3) is 5.91 Å². The van der Waals surface area contributed by atoms with Crippen molar-refractivity contribution in [2.75, 3.05) is 18.8 Å². The van der Waals surface area contributed by atoms with Gasteiger partial charge in [0.1, 0.15) is 0 Å². The standard InChI is InChI=1S/C22H32N2O2S/c1-17-9-7-8-14-24(17)22(26)19-12-5-6-13-20(19)27-16-21(25)23-15-18-10-3-2-4-11-18/h5-6,12-13,17-18H,2-4,7-11,14-16H2,1H3,(H,23,25). The number of nitrogens with zero attached hydrogens (tertiary/aromatic N) is 1. The molecular weight excluding hydrogens is 356 g/mol. The molecule has 1 saturated heterocycles. The van der Waals surface area contributed by atoms with E-state index in [0.717, 1.165) is 36.4 Å². The van der Waals surface area contributed by atoms with Gasteiger partial charge < -0.3 is 10.2 Å². The molecular formula is C22H32N2O2S. The Labute approximate surface area is 167 Å². The van der Waals surface area contributed by atoms with Gasteiger partial charge in [-0.15, -0.1) is 11.8 Å². The van der Waals surface area contributed by atoms with Crippen LogP contribution in [0, 0.1) is 5.92 Å². The Morgan fingerprint density at radius 3 is 2.59 bits per heavy atom. The van der Waals surface area contributed by atoms with Crippen molar-refractivity contribution >= 4 is 23.6 Å². The first-order valence-electron chi connectivity index (χ1n) is 10.4. The number of thioether (sulfide) groups is 1. The van der Waals surface area contributed by atoms with Crippen LogP contribution in [0.4, 0.5) is 0 Å². The van der Waals surface area contributed by atoms with Crippen LogP contribution in [0.15, 0.2) is 29.2 Å². The van der Waals surface area contributed by atoms with Crippen LogP contribution in [0.25, 0.3) is 0 Å². The van der Waals surface area contributed by atoms with Crippen LogP contribution < -0.4 is 5.32 Å². The first-order chi connectivity index (χ1) is 13.1. The Morgan fingerprint density at radius 1 is 1.07 bits per heavy atom. The molecule has 1 atom stereocenters. The van der Waals surface area contributed by atoms with Crippen molar-refractivity contribution in [1.82, 2.24) is 10.2 Å². The number of likely N-dealkylation sites (tertiary alicyclic amines) is 1. The molecule has 2 amide bonds. The summed E-state index contributed by atoms with van der Waals surface area (Å²) in [5.74, 6) is 1.18. The van der Waals surface area contributed by atoms with Gasteiger partial charge in [0.05, 0.1) is 11.3 Å². The zero-order chi connectivity index (χ0) is 19.1. The SMILES string of the molecule is CC1CCCCN1C(=O)c1ccccc1SCC(=O)NCC1CCCCC1. The van der Waals surface area contributed by atoms with Crippen LogP contribution in [-0.2, 0) is 4.79 Å². The van der Waals surface area contributed by atoms with Crippen LogP contribution in [0.5, 0.6) is 0 Å². The summed E-state index contributed by atoms with van der Waals surface area (Å²) in [5.41, 5.74) is 0.733. The highest BCUT2D eigenvalue weighted by atomic mass is 32.2. The van der Waals surface area contributed by atoms with Crippen LogP contribution >= 0.6 is 11.8 Å². The van der Waals surface area contributed by atoms with E-state index in [4.69, 9.17) is 0 Å². The topological polar surface area (TPSA) is 49.4 Å². The average Bonchev–Trinajstić information content (AvgIpc) is 2.71. The summed E-state index contributed by atoms with van der Waals surface area (Å²) < 4.78 is 0. The summed E-state index contributed by atoms with van der Waals surface area (Å²) in [6.07, 6.45) is 9.74. The van der Waals surface area contributed by atoms with E-state index in [2.05, 4.69) is 12.2 Å². The molecule has 1 saturated carbocycles. The minimum Gasteiger partial charge on any atom is -0.355 e. The molecule has 0 radical (unpaired) electrons. The van der Waals surface area contributed by atoms with E-state index >= 15 is 0 Å². The van der Waals surface area contributed by atoms with Crippen molar-refractivity contribution in [2.24, 2.45) is 5.92 Å². The van der Waals surface area contributed by atoms with Gasteiger partial charge in [-0.05, 0) is 57.1 Å². The fourth-order valence-corrected chi connectivity index (χ4v) is 5.04. The first kappa shape index (κ1) is 20.2. The van der Waals surface area contributed by atoms with Crippen molar-refractivity contribution in [2.45, 2.75) is 69.2 Å². The Morgan fingerprint density at radius 2 is 1.81 bits per heavy atom. The molecule has 2 aliphatic rings. The molecule has 0 bridgehead atoms. The van der Waals surface area contributed by atoms with E-state index < -0.39 is 0 Å². The zero-order valence-corrected chi connectivity index (χ0v) is 17.2. The largest absolute Gasteiger partial charge is 0.355 e. The Balaban J connectivity index is 1.54. The maximum absolute atomic E-state index is 13.0. The molecule has 1 aliphatic carbocycles. The molecule has 1 heterocycles. The summed E-state index contributed by atoms with van der Waals surface area (Å²) in [6.45, 7) is 3.76. The van der Waals surface area contributed by atoms with E-state index in [1.54, 1.807) is 0 Å². The minimum absolute atomic E-state index is 0.0687. The number of carbonyl (C=O) groups excluding carboxylic acids is 2. The highest BCUT2D eigenvalue weighted by Crippen LogP contribution is 2.27. The molecule has 1 aromatic rings. The van der Waals surface area contributed by atoms with Crippen LogP contribution in [0.1, 0.15) is 68.6 Å². The van der Waals surface area contributed by atoms with Gasteiger partial charge in [0.2, 0.25) is 5.91 Å². The summed E-state index contributed by atoms with van der Waals surface area (Å²) in [4.78, 5) is 28.2. The lowest BCUT2D eigenvalue weighted by molar-refractivity contribution is -0.118. The zero-order valence-electron chi connectivity index (χ0n) is 16.4. The van der Waals surface area contributed by atoms with Crippen molar-refractivity contribution in [3.05, 3.63) is 29.8 Å². The van der Waals surface area contributed by atoms with Gasteiger partial charge in [-0.2, -0.15) is 0 Å². The number of hydrogen-bond donors (Lipinski definition) is 1. The lowest BCUT2D eigenvalue weighted by Crippen LogP contribution is -2.42. The highest BCUT2D eigenvalue weighted by Gasteiger charge is 2.26. The minimum atomic E-state index is 0.0687. The second-order valence-electron chi connectivity index (χ2n) is 7.94. The maximum atomic E-state index is 13.0. The van der Waals surface area contributed by atoms with Gasteiger partial charge in [-0.3, -0.25) is 9.59 Å². The summed E-state index contributed by atoms with van der Waals surface area (Å²) in [6, 6.07) is 8.00. The van der Waals surface area contributed by atoms with E-state index in [9.17, 15) is 9.59 Å². The lowest BCUT2D eigenvalue weighted by Gasteiger charge is -2.33. The van der Waals surface area contributed by atoms with Crippen molar-refractivity contribution in [3.8, 4) is 0 Å². The number of nitrogens with one attached hydrogen (secondary N) is 1. The van der Waals surface area contributed by atoms with Crippen molar-refractivity contribution < 1.29 is 9.59 Å². The number of rotatable bonds is 6. The van der Waals surface area contributed by atoms with Crippen LogP contribution in [0.2, 0.25) is 0 Å². The third-order valence-electron chi connectivity index (χ3n) is 5.85.